The van der Waals surface area contributed by atoms with Gasteiger partial charge in [0, 0.05) is 24.6 Å². The zero-order valence-electron chi connectivity index (χ0n) is 18.2. The van der Waals surface area contributed by atoms with E-state index >= 15 is 0 Å². The molecule has 1 fully saturated rings. The highest BCUT2D eigenvalue weighted by Crippen LogP contribution is 2.27. The number of amides is 2. The van der Waals surface area contributed by atoms with Crippen LogP contribution in [0.1, 0.15) is 47.4 Å². The molecule has 1 heterocycles. The lowest BCUT2D eigenvalue weighted by molar-refractivity contribution is -0.135. The Balaban J connectivity index is 1.65. The first-order chi connectivity index (χ1) is 15.6. The highest BCUT2D eigenvalue weighted by Gasteiger charge is 2.34. The summed E-state index contributed by atoms with van der Waals surface area (Å²) in [7, 11) is 0. The molecule has 0 bridgehead atoms. The third-order valence-corrected chi connectivity index (χ3v) is 6.53. The molecular formula is C24H24Cl2F2N2O3. The van der Waals surface area contributed by atoms with Crippen molar-refractivity contribution in [2.75, 3.05) is 13.1 Å². The van der Waals surface area contributed by atoms with E-state index in [1.807, 2.05) is 0 Å². The molecule has 1 atom stereocenters. The Morgan fingerprint density at radius 2 is 1.61 bits per heavy atom. The number of hydrogen-bond donors (Lipinski definition) is 1. The molecule has 2 aromatic rings. The molecule has 0 aliphatic carbocycles. The number of hydrogen-bond acceptors (Lipinski definition) is 3. The molecule has 0 saturated carbocycles. The summed E-state index contributed by atoms with van der Waals surface area (Å²) in [5.74, 6) is -3.98. The van der Waals surface area contributed by atoms with Gasteiger partial charge >= 0.3 is 0 Å². The van der Waals surface area contributed by atoms with E-state index in [4.69, 9.17) is 23.2 Å². The number of piperidine rings is 1. The Bertz CT molecular complexity index is 1050. The van der Waals surface area contributed by atoms with Crippen molar-refractivity contribution in [1.29, 1.82) is 0 Å². The van der Waals surface area contributed by atoms with Crippen molar-refractivity contribution in [2.24, 2.45) is 11.8 Å². The summed E-state index contributed by atoms with van der Waals surface area (Å²) < 4.78 is 27.9. The van der Waals surface area contributed by atoms with Crippen molar-refractivity contribution < 1.29 is 23.2 Å². The number of Topliss-reactive ketones (excluding diaryl/α,β-unsaturated/α-hetero) is 1. The highest BCUT2D eigenvalue weighted by atomic mass is 35.5. The second-order valence-corrected chi connectivity index (χ2v) is 9.20. The van der Waals surface area contributed by atoms with Crippen LogP contribution in [0.25, 0.3) is 0 Å². The number of nitrogens with zero attached hydrogens (tertiary/aromatic N) is 1. The van der Waals surface area contributed by atoms with E-state index in [0.717, 1.165) is 18.2 Å². The minimum Gasteiger partial charge on any atom is -0.341 e. The van der Waals surface area contributed by atoms with Crippen molar-refractivity contribution in [2.45, 2.75) is 32.7 Å². The third-order valence-electron chi connectivity index (χ3n) is 5.79. The number of likely N-dealkylation sites (tertiary alicyclic amines) is 1. The molecule has 3 rings (SSSR count). The van der Waals surface area contributed by atoms with Crippen LogP contribution in [0.2, 0.25) is 10.0 Å². The van der Waals surface area contributed by atoms with Crippen LogP contribution in [0.15, 0.2) is 36.4 Å². The van der Waals surface area contributed by atoms with Gasteiger partial charge in [0.05, 0.1) is 10.0 Å². The zero-order valence-corrected chi connectivity index (χ0v) is 19.7. The van der Waals surface area contributed by atoms with Crippen LogP contribution in [0.3, 0.4) is 0 Å². The molecule has 9 heteroatoms. The van der Waals surface area contributed by atoms with Crippen LogP contribution in [0.4, 0.5) is 8.78 Å². The predicted molar refractivity (Wildman–Crippen MR) is 123 cm³/mol. The summed E-state index contributed by atoms with van der Waals surface area (Å²) in [6.07, 6.45) is 0.900. The van der Waals surface area contributed by atoms with Gasteiger partial charge in [-0.15, -0.1) is 0 Å². The standard InChI is InChI=1S/C24H24Cl2F2N2O3/c1-13(2)21(29-23(32)20-18(27)4-3-5-19(20)28)24(33)30-10-8-14(9-11-30)22(31)15-6-7-16(25)17(26)12-15/h3-7,12-14,21H,8-11H2,1-2H3,(H,29,32)/t21-/m0/s1. The second kappa shape index (κ2) is 10.6. The van der Waals surface area contributed by atoms with E-state index in [0.29, 0.717) is 41.5 Å². The quantitative estimate of drug-likeness (QED) is 0.562. The summed E-state index contributed by atoms with van der Waals surface area (Å²) >= 11 is 11.9. The molecule has 0 radical (unpaired) electrons. The molecule has 0 spiro atoms. The Morgan fingerprint density at radius 3 is 2.15 bits per heavy atom. The lowest BCUT2D eigenvalue weighted by atomic mass is 9.88. The summed E-state index contributed by atoms with van der Waals surface area (Å²) in [4.78, 5) is 40.0. The van der Waals surface area contributed by atoms with E-state index in [2.05, 4.69) is 5.32 Å². The number of carbonyl (C=O) groups is 3. The third kappa shape index (κ3) is 5.71. The Kier molecular flexibility index (Phi) is 8.08. The maximum atomic E-state index is 14.0. The number of ketones is 1. The molecule has 2 aromatic carbocycles. The molecule has 0 unspecified atom stereocenters. The Hall–Kier alpha value is -2.51. The van der Waals surface area contributed by atoms with Crippen LogP contribution < -0.4 is 5.32 Å². The molecule has 5 nitrogen and oxygen atoms in total. The zero-order chi connectivity index (χ0) is 24.3. The predicted octanol–water partition coefficient (Wildman–Crippen LogP) is 5.15. The monoisotopic (exact) mass is 496 g/mol. The summed E-state index contributed by atoms with van der Waals surface area (Å²) in [5, 5.41) is 3.15. The number of benzene rings is 2. The van der Waals surface area contributed by atoms with Gasteiger partial charge in [0.2, 0.25) is 5.91 Å². The van der Waals surface area contributed by atoms with Crippen molar-refractivity contribution in [3.8, 4) is 0 Å². The van der Waals surface area contributed by atoms with Gasteiger partial charge in [-0.05, 0) is 49.1 Å². The van der Waals surface area contributed by atoms with Crippen molar-refractivity contribution in [3.05, 3.63) is 69.2 Å². The van der Waals surface area contributed by atoms with Crippen LogP contribution in [0.5, 0.6) is 0 Å². The number of nitrogens with one attached hydrogen (secondary N) is 1. The van der Waals surface area contributed by atoms with Crippen LogP contribution in [-0.2, 0) is 4.79 Å². The largest absolute Gasteiger partial charge is 0.341 e. The number of halogens is 4. The van der Waals surface area contributed by atoms with Crippen molar-refractivity contribution >= 4 is 40.8 Å². The summed E-state index contributed by atoms with van der Waals surface area (Å²) in [6, 6.07) is 6.91. The van der Waals surface area contributed by atoms with E-state index < -0.39 is 29.1 Å². The highest BCUT2D eigenvalue weighted by molar-refractivity contribution is 6.42. The molecule has 1 N–H and O–H groups in total. The van der Waals surface area contributed by atoms with E-state index in [9.17, 15) is 23.2 Å². The maximum Gasteiger partial charge on any atom is 0.257 e. The molecule has 33 heavy (non-hydrogen) atoms. The molecule has 1 saturated heterocycles. The van der Waals surface area contributed by atoms with Gasteiger partial charge in [0.1, 0.15) is 23.2 Å². The first kappa shape index (κ1) is 25.1. The van der Waals surface area contributed by atoms with Gasteiger partial charge in [-0.2, -0.15) is 0 Å². The summed E-state index contributed by atoms with van der Waals surface area (Å²) in [5.41, 5.74) is -0.254. The van der Waals surface area contributed by atoms with E-state index in [-0.39, 0.29) is 23.5 Å². The first-order valence-electron chi connectivity index (χ1n) is 10.6. The summed E-state index contributed by atoms with van der Waals surface area (Å²) in [6.45, 7) is 4.12. The SMILES string of the molecule is CC(C)[C@H](NC(=O)c1c(F)cccc1F)C(=O)N1CCC(C(=O)c2ccc(Cl)c(Cl)c2)CC1. The lowest BCUT2D eigenvalue weighted by Gasteiger charge is -2.35. The number of rotatable bonds is 6. The van der Waals surface area contributed by atoms with Gasteiger partial charge in [-0.25, -0.2) is 8.78 Å². The van der Waals surface area contributed by atoms with Crippen molar-refractivity contribution in [3.63, 3.8) is 0 Å². The van der Waals surface area contributed by atoms with E-state index in [1.165, 1.54) is 6.07 Å². The fraction of sp³-hybridized carbons (Fsp3) is 0.375. The van der Waals surface area contributed by atoms with Gasteiger partial charge in [-0.1, -0.05) is 43.1 Å². The van der Waals surface area contributed by atoms with E-state index in [1.54, 1.807) is 30.9 Å². The molecule has 1 aliphatic heterocycles. The Labute approximate surface area is 201 Å². The number of carbonyl (C=O) groups excluding carboxylic acids is 3. The maximum absolute atomic E-state index is 14.0. The average Bonchev–Trinajstić information content (AvgIpc) is 2.78. The average molecular weight is 497 g/mol. The minimum atomic E-state index is -0.996. The Morgan fingerprint density at radius 1 is 1.00 bits per heavy atom. The fourth-order valence-electron chi connectivity index (χ4n) is 3.89. The molecule has 2 amide bonds. The molecule has 176 valence electrons. The van der Waals surface area contributed by atoms with Gasteiger partial charge in [0.25, 0.3) is 5.91 Å². The lowest BCUT2D eigenvalue weighted by Crippen LogP contribution is -2.53. The molecule has 0 aromatic heterocycles. The minimum absolute atomic E-state index is 0.0654. The smallest absolute Gasteiger partial charge is 0.257 e. The van der Waals surface area contributed by atoms with Crippen LogP contribution in [0, 0.1) is 23.5 Å². The normalized spacial score (nSPS) is 15.4. The van der Waals surface area contributed by atoms with Gasteiger partial charge in [0.15, 0.2) is 5.78 Å². The molecular weight excluding hydrogens is 473 g/mol. The molecule has 1 aliphatic rings. The second-order valence-electron chi connectivity index (χ2n) is 8.38. The van der Waals surface area contributed by atoms with Crippen LogP contribution in [-0.4, -0.2) is 41.6 Å². The van der Waals surface area contributed by atoms with Crippen molar-refractivity contribution in [1.82, 2.24) is 10.2 Å². The topological polar surface area (TPSA) is 66.5 Å². The fourth-order valence-corrected chi connectivity index (χ4v) is 4.18. The first-order valence-corrected chi connectivity index (χ1v) is 11.4. The van der Waals surface area contributed by atoms with Gasteiger partial charge in [-0.3, -0.25) is 14.4 Å². The van der Waals surface area contributed by atoms with Crippen LogP contribution >= 0.6 is 23.2 Å². The van der Waals surface area contributed by atoms with Gasteiger partial charge < -0.3 is 10.2 Å².